The number of aromatic nitrogens is 5. The van der Waals surface area contributed by atoms with Crippen LogP contribution in [-0.2, 0) is 0 Å². The molecule has 1 aromatic carbocycles. The lowest BCUT2D eigenvalue weighted by Crippen LogP contribution is -2.20. The maximum absolute atomic E-state index is 14.2. The lowest BCUT2D eigenvalue weighted by atomic mass is 10.00. The van der Waals surface area contributed by atoms with Crippen LogP contribution < -0.4 is 11.1 Å². The van der Waals surface area contributed by atoms with Crippen LogP contribution in [0.25, 0.3) is 22.6 Å². The van der Waals surface area contributed by atoms with E-state index in [0.29, 0.717) is 5.56 Å². The number of nitrogens with two attached hydrogens (primary N) is 1. The van der Waals surface area contributed by atoms with Gasteiger partial charge in [0.25, 0.3) is 0 Å². The van der Waals surface area contributed by atoms with Gasteiger partial charge in [0.1, 0.15) is 11.5 Å². The zero-order chi connectivity index (χ0) is 18.1. The van der Waals surface area contributed by atoms with Gasteiger partial charge in [-0.3, -0.25) is 0 Å². The van der Waals surface area contributed by atoms with E-state index in [-0.39, 0.29) is 17.3 Å². The number of nitrogens with one attached hydrogen (secondary N) is 1. The van der Waals surface area contributed by atoms with Crippen molar-refractivity contribution in [1.29, 1.82) is 0 Å². The van der Waals surface area contributed by atoms with E-state index < -0.39 is 11.6 Å². The Morgan fingerprint density at radius 1 is 1.23 bits per heavy atom. The summed E-state index contributed by atoms with van der Waals surface area (Å²) in [5, 5.41) is 14.6. The Hall–Kier alpha value is -3.20. The summed E-state index contributed by atoms with van der Waals surface area (Å²) in [4.78, 5) is 4.22. The molecule has 0 bridgehead atoms. The molecular weight excluding hydrogens is 340 g/mol. The zero-order valence-electron chi connectivity index (χ0n) is 13.7. The van der Waals surface area contributed by atoms with E-state index in [1.54, 1.807) is 6.20 Å². The second-order valence-corrected chi connectivity index (χ2v) is 5.83. The molecule has 3 aromatic rings. The molecule has 3 N–H and O–H groups in total. The SMILES string of the molecule is Nc1ncc(C2=CCNCC2)cc1-c1nnnn1-c1cccc(F)c1F. The highest BCUT2D eigenvalue weighted by Crippen LogP contribution is 2.29. The second kappa shape index (κ2) is 6.60. The molecule has 1 aliphatic rings. The molecule has 26 heavy (non-hydrogen) atoms. The minimum atomic E-state index is -1.04. The summed E-state index contributed by atoms with van der Waals surface area (Å²) in [6.45, 7) is 1.65. The lowest BCUT2D eigenvalue weighted by molar-refractivity contribution is 0.501. The van der Waals surface area contributed by atoms with Gasteiger partial charge >= 0.3 is 0 Å². The van der Waals surface area contributed by atoms with Crippen molar-refractivity contribution in [2.75, 3.05) is 18.8 Å². The van der Waals surface area contributed by atoms with Crippen LogP contribution in [0.2, 0.25) is 0 Å². The van der Waals surface area contributed by atoms with Gasteiger partial charge in [-0.05, 0) is 52.7 Å². The first-order valence-electron chi connectivity index (χ1n) is 8.04. The summed E-state index contributed by atoms with van der Waals surface area (Å²) < 4.78 is 28.9. The Labute approximate surface area is 147 Å². The minimum absolute atomic E-state index is 0.101. The number of tetrazole rings is 1. The average molecular weight is 355 g/mol. The number of nitrogens with zero attached hydrogens (tertiary/aromatic N) is 5. The first kappa shape index (κ1) is 16.3. The molecule has 0 saturated carbocycles. The smallest absolute Gasteiger partial charge is 0.190 e. The van der Waals surface area contributed by atoms with Gasteiger partial charge in [-0.2, -0.15) is 4.68 Å². The molecule has 9 heteroatoms. The number of anilines is 1. The van der Waals surface area contributed by atoms with Crippen molar-refractivity contribution >= 4 is 11.4 Å². The number of halogens is 2. The van der Waals surface area contributed by atoms with Crippen LogP contribution in [0.4, 0.5) is 14.6 Å². The molecule has 0 amide bonds. The van der Waals surface area contributed by atoms with Crippen molar-refractivity contribution in [2.45, 2.75) is 6.42 Å². The van der Waals surface area contributed by atoms with Crippen molar-refractivity contribution < 1.29 is 8.78 Å². The van der Waals surface area contributed by atoms with Gasteiger partial charge in [0, 0.05) is 12.7 Å². The molecule has 4 rings (SSSR count). The third kappa shape index (κ3) is 2.82. The van der Waals surface area contributed by atoms with Crippen LogP contribution in [0.5, 0.6) is 0 Å². The Morgan fingerprint density at radius 3 is 2.92 bits per heavy atom. The van der Waals surface area contributed by atoms with Crippen LogP contribution in [0, 0.1) is 11.6 Å². The van der Waals surface area contributed by atoms with Crippen LogP contribution in [-0.4, -0.2) is 38.3 Å². The van der Waals surface area contributed by atoms with Crippen LogP contribution in [0.15, 0.2) is 36.5 Å². The summed E-state index contributed by atoms with van der Waals surface area (Å²) in [5.74, 6) is -1.62. The number of rotatable bonds is 3. The molecule has 0 spiro atoms. The molecule has 7 nitrogen and oxygen atoms in total. The fourth-order valence-corrected chi connectivity index (χ4v) is 2.89. The average Bonchev–Trinajstić information content (AvgIpc) is 3.14. The van der Waals surface area contributed by atoms with Gasteiger partial charge < -0.3 is 11.1 Å². The van der Waals surface area contributed by atoms with E-state index in [1.165, 1.54) is 12.1 Å². The monoisotopic (exact) mass is 355 g/mol. The number of benzene rings is 1. The van der Waals surface area contributed by atoms with E-state index in [0.717, 1.165) is 41.4 Å². The standard InChI is InChI=1S/C17H15F2N7/c18-13-2-1-3-14(15(13)19)26-17(23-24-25-26)12-8-11(9-22-16(12)20)10-4-6-21-7-5-10/h1-4,8-9,21H,5-7H2,(H2,20,22). The Morgan fingerprint density at radius 2 is 2.12 bits per heavy atom. The quantitative estimate of drug-likeness (QED) is 0.746. The summed E-state index contributed by atoms with van der Waals surface area (Å²) in [7, 11) is 0. The summed E-state index contributed by atoms with van der Waals surface area (Å²) >= 11 is 0. The maximum atomic E-state index is 14.2. The molecule has 3 heterocycles. The van der Waals surface area contributed by atoms with Crippen molar-refractivity contribution in [2.24, 2.45) is 0 Å². The molecule has 0 fully saturated rings. The second-order valence-electron chi connectivity index (χ2n) is 5.83. The zero-order valence-corrected chi connectivity index (χ0v) is 13.7. The van der Waals surface area contributed by atoms with E-state index in [2.05, 4.69) is 31.9 Å². The summed E-state index contributed by atoms with van der Waals surface area (Å²) in [6, 6.07) is 5.63. The summed E-state index contributed by atoms with van der Waals surface area (Å²) in [6.07, 6.45) is 4.62. The molecule has 0 unspecified atom stereocenters. The fraction of sp³-hybridized carbons (Fsp3) is 0.176. The fourth-order valence-electron chi connectivity index (χ4n) is 2.89. The molecule has 132 valence electrons. The van der Waals surface area contributed by atoms with Gasteiger partial charge in [0.15, 0.2) is 17.5 Å². The first-order valence-corrected chi connectivity index (χ1v) is 8.04. The van der Waals surface area contributed by atoms with Crippen molar-refractivity contribution in [3.63, 3.8) is 0 Å². The Balaban J connectivity index is 1.83. The number of hydrogen-bond donors (Lipinski definition) is 2. The largest absolute Gasteiger partial charge is 0.383 e. The molecule has 0 atom stereocenters. The van der Waals surface area contributed by atoms with Crippen molar-refractivity contribution in [3.8, 4) is 17.1 Å². The molecule has 0 aliphatic carbocycles. The van der Waals surface area contributed by atoms with E-state index >= 15 is 0 Å². The number of nitrogen functional groups attached to an aromatic ring is 1. The molecule has 2 aromatic heterocycles. The van der Waals surface area contributed by atoms with Crippen LogP contribution >= 0.6 is 0 Å². The molecule has 1 aliphatic heterocycles. The van der Waals surface area contributed by atoms with Gasteiger partial charge in [-0.15, -0.1) is 5.10 Å². The number of pyridine rings is 1. The molecule has 0 saturated heterocycles. The first-order chi connectivity index (χ1) is 12.6. The third-order valence-corrected chi connectivity index (χ3v) is 4.22. The van der Waals surface area contributed by atoms with Crippen LogP contribution in [0.3, 0.4) is 0 Å². The van der Waals surface area contributed by atoms with Gasteiger partial charge in [-0.1, -0.05) is 12.1 Å². The van der Waals surface area contributed by atoms with E-state index in [9.17, 15) is 8.78 Å². The highest BCUT2D eigenvalue weighted by molar-refractivity contribution is 5.76. The number of hydrogen-bond acceptors (Lipinski definition) is 6. The van der Waals surface area contributed by atoms with Crippen molar-refractivity contribution in [1.82, 2.24) is 30.5 Å². The normalized spacial score (nSPS) is 14.3. The maximum Gasteiger partial charge on any atom is 0.190 e. The lowest BCUT2D eigenvalue weighted by Gasteiger charge is -2.15. The van der Waals surface area contributed by atoms with Gasteiger partial charge in [-0.25, -0.2) is 13.8 Å². The highest BCUT2D eigenvalue weighted by Gasteiger charge is 2.20. The van der Waals surface area contributed by atoms with E-state index in [4.69, 9.17) is 5.73 Å². The van der Waals surface area contributed by atoms with Gasteiger partial charge in [0.2, 0.25) is 0 Å². The third-order valence-electron chi connectivity index (χ3n) is 4.22. The topological polar surface area (TPSA) is 94.5 Å². The predicted molar refractivity (Wildman–Crippen MR) is 92.2 cm³/mol. The Bertz CT molecular complexity index is 997. The van der Waals surface area contributed by atoms with Crippen molar-refractivity contribution in [3.05, 3.63) is 53.7 Å². The Kier molecular flexibility index (Phi) is 4.13. The molecular formula is C17H15F2N7. The van der Waals surface area contributed by atoms with Crippen LogP contribution in [0.1, 0.15) is 12.0 Å². The molecule has 0 radical (unpaired) electrons. The summed E-state index contributed by atoms with van der Waals surface area (Å²) in [5.41, 5.74) is 8.39. The predicted octanol–water partition coefficient (Wildman–Crippen LogP) is 1.96. The van der Waals surface area contributed by atoms with Gasteiger partial charge in [0.05, 0.1) is 5.56 Å². The highest BCUT2D eigenvalue weighted by atomic mass is 19.2. The minimum Gasteiger partial charge on any atom is -0.383 e. The van der Waals surface area contributed by atoms with E-state index in [1.807, 2.05) is 6.07 Å².